The summed E-state index contributed by atoms with van der Waals surface area (Å²) in [4.78, 5) is 14.5. The van der Waals surface area contributed by atoms with Crippen LogP contribution in [0.4, 0.5) is 0 Å². The standard InChI is InChI=1S/C14H21BrN4O/c15-11-9-17-19(10-11)12-3-7-18(8-4-12)13(20)14(16)5-1-2-6-14/h9-10,12H,1-8,16H2. The summed E-state index contributed by atoms with van der Waals surface area (Å²) < 4.78 is 3.00. The Bertz CT molecular complexity index is 487. The Hall–Kier alpha value is -0.880. The van der Waals surface area contributed by atoms with Crippen molar-refractivity contribution in [1.29, 1.82) is 0 Å². The van der Waals surface area contributed by atoms with Gasteiger partial charge in [-0.3, -0.25) is 9.48 Å². The van der Waals surface area contributed by atoms with Crippen molar-refractivity contribution in [3.63, 3.8) is 0 Å². The fourth-order valence-electron chi connectivity index (χ4n) is 3.38. The van der Waals surface area contributed by atoms with Crippen LogP contribution in [0.5, 0.6) is 0 Å². The topological polar surface area (TPSA) is 64.2 Å². The maximum absolute atomic E-state index is 12.5. The van der Waals surface area contributed by atoms with E-state index in [1.807, 2.05) is 22.0 Å². The van der Waals surface area contributed by atoms with E-state index in [0.29, 0.717) is 6.04 Å². The van der Waals surface area contributed by atoms with Crippen molar-refractivity contribution in [1.82, 2.24) is 14.7 Å². The van der Waals surface area contributed by atoms with Crippen molar-refractivity contribution in [3.05, 3.63) is 16.9 Å². The molecule has 6 heteroatoms. The van der Waals surface area contributed by atoms with Gasteiger partial charge >= 0.3 is 0 Å². The van der Waals surface area contributed by atoms with E-state index in [-0.39, 0.29) is 5.91 Å². The molecule has 2 aliphatic rings. The molecule has 3 rings (SSSR count). The number of hydrogen-bond acceptors (Lipinski definition) is 3. The number of piperidine rings is 1. The molecular weight excluding hydrogens is 320 g/mol. The van der Waals surface area contributed by atoms with Crippen molar-refractivity contribution in [2.75, 3.05) is 13.1 Å². The van der Waals surface area contributed by atoms with Gasteiger partial charge in [0.1, 0.15) is 0 Å². The molecule has 0 aromatic carbocycles. The number of aromatic nitrogens is 2. The SMILES string of the molecule is NC1(C(=O)N2CCC(n3cc(Br)cn3)CC2)CCCC1. The third-order valence-electron chi connectivity index (χ3n) is 4.62. The van der Waals surface area contributed by atoms with E-state index in [9.17, 15) is 4.79 Å². The molecule has 0 bridgehead atoms. The lowest BCUT2D eigenvalue weighted by Crippen LogP contribution is -2.55. The summed E-state index contributed by atoms with van der Waals surface area (Å²) in [5.41, 5.74) is 5.69. The molecule has 1 saturated heterocycles. The van der Waals surface area contributed by atoms with Crippen LogP contribution in [0.3, 0.4) is 0 Å². The lowest BCUT2D eigenvalue weighted by Gasteiger charge is -2.36. The number of nitrogens with two attached hydrogens (primary N) is 1. The number of nitrogens with zero attached hydrogens (tertiary/aromatic N) is 3. The average Bonchev–Trinajstić information content (AvgIpc) is 3.08. The third kappa shape index (κ3) is 2.63. The molecule has 1 aliphatic carbocycles. The molecule has 0 unspecified atom stereocenters. The second-order valence-corrected chi connectivity index (χ2v) is 6.94. The minimum atomic E-state index is -0.582. The zero-order valence-corrected chi connectivity index (χ0v) is 13.2. The van der Waals surface area contributed by atoms with Crippen LogP contribution in [0.15, 0.2) is 16.9 Å². The zero-order valence-electron chi connectivity index (χ0n) is 11.6. The molecule has 2 N–H and O–H groups in total. The summed E-state index contributed by atoms with van der Waals surface area (Å²) in [5.74, 6) is 0.162. The molecule has 0 radical (unpaired) electrons. The maximum atomic E-state index is 12.5. The summed E-state index contributed by atoms with van der Waals surface area (Å²) in [6.45, 7) is 1.58. The number of rotatable bonds is 2. The van der Waals surface area contributed by atoms with Gasteiger partial charge in [0, 0.05) is 19.3 Å². The summed E-state index contributed by atoms with van der Waals surface area (Å²) in [6, 6.07) is 0.391. The molecule has 1 aromatic rings. The lowest BCUT2D eigenvalue weighted by molar-refractivity contribution is -0.138. The van der Waals surface area contributed by atoms with E-state index in [1.54, 1.807) is 0 Å². The van der Waals surface area contributed by atoms with Crippen LogP contribution in [-0.2, 0) is 4.79 Å². The predicted octanol–water partition coefficient (Wildman–Crippen LogP) is 2.08. The summed E-state index contributed by atoms with van der Waals surface area (Å²) in [7, 11) is 0. The molecule has 1 aliphatic heterocycles. The number of carbonyl (C=O) groups is 1. The fourth-order valence-corrected chi connectivity index (χ4v) is 3.68. The van der Waals surface area contributed by atoms with Gasteiger partial charge in [-0.1, -0.05) is 12.8 Å². The normalized spacial score (nSPS) is 23.2. The number of carbonyl (C=O) groups excluding carboxylic acids is 1. The first-order valence-corrected chi connectivity index (χ1v) is 8.16. The highest BCUT2D eigenvalue weighted by Crippen LogP contribution is 2.31. The van der Waals surface area contributed by atoms with E-state index < -0.39 is 5.54 Å². The highest BCUT2D eigenvalue weighted by atomic mass is 79.9. The first-order chi connectivity index (χ1) is 9.58. The molecule has 1 aromatic heterocycles. The lowest BCUT2D eigenvalue weighted by atomic mass is 9.95. The first-order valence-electron chi connectivity index (χ1n) is 7.36. The summed E-state index contributed by atoms with van der Waals surface area (Å²) in [6.07, 6.45) is 9.58. The Kier molecular flexibility index (Phi) is 3.86. The van der Waals surface area contributed by atoms with Crippen LogP contribution in [-0.4, -0.2) is 39.2 Å². The maximum Gasteiger partial charge on any atom is 0.242 e. The number of likely N-dealkylation sites (tertiary alicyclic amines) is 1. The van der Waals surface area contributed by atoms with Crippen molar-refractivity contribution in [2.45, 2.75) is 50.1 Å². The quantitative estimate of drug-likeness (QED) is 0.896. The zero-order chi connectivity index (χ0) is 14.2. The van der Waals surface area contributed by atoms with Gasteiger partial charge in [0.05, 0.1) is 22.3 Å². The predicted molar refractivity (Wildman–Crippen MR) is 80.2 cm³/mol. The minimum Gasteiger partial charge on any atom is -0.341 e. The Labute approximate surface area is 127 Å². The largest absolute Gasteiger partial charge is 0.341 e. The first kappa shape index (κ1) is 14.1. The molecule has 110 valence electrons. The summed E-state index contributed by atoms with van der Waals surface area (Å²) >= 11 is 3.42. The monoisotopic (exact) mass is 340 g/mol. The van der Waals surface area contributed by atoms with Gasteiger partial charge in [-0.25, -0.2) is 0 Å². The Morgan fingerprint density at radius 2 is 2.00 bits per heavy atom. The highest BCUT2D eigenvalue weighted by Gasteiger charge is 2.40. The molecule has 20 heavy (non-hydrogen) atoms. The van der Waals surface area contributed by atoms with Crippen LogP contribution in [0, 0.1) is 0 Å². The smallest absolute Gasteiger partial charge is 0.242 e. The average molecular weight is 341 g/mol. The molecule has 0 spiro atoms. The van der Waals surface area contributed by atoms with Crippen LogP contribution < -0.4 is 5.73 Å². The van der Waals surface area contributed by atoms with Gasteiger partial charge < -0.3 is 10.6 Å². The molecule has 2 heterocycles. The molecule has 5 nitrogen and oxygen atoms in total. The van der Waals surface area contributed by atoms with Crippen molar-refractivity contribution in [2.24, 2.45) is 5.73 Å². The van der Waals surface area contributed by atoms with Gasteiger partial charge in [0.2, 0.25) is 5.91 Å². The highest BCUT2D eigenvalue weighted by molar-refractivity contribution is 9.10. The second kappa shape index (κ2) is 5.48. The van der Waals surface area contributed by atoms with Crippen LogP contribution >= 0.6 is 15.9 Å². The van der Waals surface area contributed by atoms with E-state index in [4.69, 9.17) is 5.73 Å². The van der Waals surface area contributed by atoms with E-state index >= 15 is 0 Å². The molecular formula is C14H21BrN4O. The van der Waals surface area contributed by atoms with E-state index in [2.05, 4.69) is 21.0 Å². The molecule has 0 atom stereocenters. The Morgan fingerprint density at radius 1 is 1.35 bits per heavy atom. The van der Waals surface area contributed by atoms with Crippen LogP contribution in [0.25, 0.3) is 0 Å². The second-order valence-electron chi connectivity index (χ2n) is 6.03. The van der Waals surface area contributed by atoms with Gasteiger partial charge in [0.15, 0.2) is 0 Å². The van der Waals surface area contributed by atoms with E-state index in [0.717, 1.165) is 56.1 Å². The van der Waals surface area contributed by atoms with Crippen LogP contribution in [0.2, 0.25) is 0 Å². The van der Waals surface area contributed by atoms with E-state index in [1.165, 1.54) is 0 Å². The van der Waals surface area contributed by atoms with Gasteiger partial charge in [-0.2, -0.15) is 5.10 Å². The Morgan fingerprint density at radius 3 is 2.55 bits per heavy atom. The minimum absolute atomic E-state index is 0.162. The van der Waals surface area contributed by atoms with Crippen molar-refractivity contribution in [3.8, 4) is 0 Å². The summed E-state index contributed by atoms with van der Waals surface area (Å²) in [5, 5.41) is 4.34. The molecule has 1 saturated carbocycles. The van der Waals surface area contributed by atoms with Gasteiger partial charge in [-0.15, -0.1) is 0 Å². The van der Waals surface area contributed by atoms with Gasteiger partial charge in [-0.05, 0) is 41.6 Å². The van der Waals surface area contributed by atoms with Gasteiger partial charge in [0.25, 0.3) is 0 Å². The molecule has 1 amide bonds. The van der Waals surface area contributed by atoms with Crippen molar-refractivity contribution < 1.29 is 4.79 Å². The molecule has 2 fully saturated rings. The van der Waals surface area contributed by atoms with Crippen LogP contribution in [0.1, 0.15) is 44.6 Å². The Balaban J connectivity index is 1.59. The number of halogens is 1. The van der Waals surface area contributed by atoms with Crippen molar-refractivity contribution >= 4 is 21.8 Å². The third-order valence-corrected chi connectivity index (χ3v) is 5.03. The number of amides is 1. The fraction of sp³-hybridized carbons (Fsp3) is 0.714. The number of hydrogen-bond donors (Lipinski definition) is 1.